The Labute approximate surface area is 97.1 Å². The van der Waals surface area contributed by atoms with Gasteiger partial charge in [-0.1, -0.05) is 29.8 Å². The van der Waals surface area contributed by atoms with Crippen molar-refractivity contribution in [3.8, 4) is 0 Å². The second-order valence-corrected chi connectivity index (χ2v) is 6.66. The molecule has 0 amide bonds. The first-order chi connectivity index (χ1) is 7.23. The van der Waals surface area contributed by atoms with Crippen LogP contribution in [0.4, 0.5) is 0 Å². The molecule has 6 nitrogen and oxygen atoms in total. The number of hydrogen-bond acceptors (Lipinski definition) is 4. The molecule has 0 spiro atoms. The molecule has 0 fully saturated rings. The molecular weight excluding hydrogens is 279 g/mol. The summed E-state index contributed by atoms with van der Waals surface area (Å²) < 4.78 is 37.7. The topological polar surface area (TPSA) is 101 Å². The fourth-order valence-corrected chi connectivity index (χ4v) is 2.69. The van der Waals surface area contributed by atoms with Gasteiger partial charge in [0.1, 0.15) is 0 Å². The fraction of sp³-hybridized carbons (Fsp3) is 0.143. The Morgan fingerprint density at radius 3 is 2.19 bits per heavy atom. The van der Waals surface area contributed by atoms with Gasteiger partial charge >= 0.3 is 7.60 Å². The van der Waals surface area contributed by atoms with E-state index in [1.165, 1.54) is 24.3 Å². The van der Waals surface area contributed by atoms with Crippen LogP contribution in [0, 0.1) is 0 Å². The molecule has 0 saturated carbocycles. The fourth-order valence-electron chi connectivity index (χ4n) is 0.803. The Kier molecular flexibility index (Phi) is 4.12. The van der Waals surface area contributed by atoms with Gasteiger partial charge in [-0.05, 0) is 12.1 Å². The van der Waals surface area contributed by atoms with Crippen molar-refractivity contribution in [2.75, 3.05) is 0 Å². The van der Waals surface area contributed by atoms with E-state index in [1.54, 1.807) is 6.07 Å². The Morgan fingerprint density at radius 1 is 1.25 bits per heavy atom. The van der Waals surface area contributed by atoms with E-state index in [2.05, 4.69) is 4.18 Å². The first kappa shape index (κ1) is 13.6. The zero-order valence-electron chi connectivity index (χ0n) is 7.72. The molecule has 0 bridgehead atoms. The summed E-state index contributed by atoms with van der Waals surface area (Å²) >= 11 is 5.13. The molecule has 0 radical (unpaired) electrons. The standard InChI is InChI=1S/C7H8ClO6PS/c8-7(15(9,10)11)14-16(12,13)6-4-2-1-3-5-6/h1-5,7H,(H2,9,10,11). The quantitative estimate of drug-likeness (QED) is 0.488. The number of hydrogen-bond donors (Lipinski definition) is 2. The van der Waals surface area contributed by atoms with E-state index >= 15 is 0 Å². The van der Waals surface area contributed by atoms with Gasteiger partial charge in [0.25, 0.3) is 15.4 Å². The summed E-state index contributed by atoms with van der Waals surface area (Å²) in [6.07, 6.45) is 0. The summed E-state index contributed by atoms with van der Waals surface area (Å²) in [7, 11) is -9.08. The molecule has 1 unspecified atom stereocenters. The smallest absolute Gasteiger partial charge is 0.322 e. The predicted molar refractivity (Wildman–Crippen MR) is 56.4 cm³/mol. The number of rotatable bonds is 4. The van der Waals surface area contributed by atoms with Crippen LogP contribution in [-0.4, -0.2) is 23.5 Å². The monoisotopic (exact) mass is 286 g/mol. The zero-order valence-corrected chi connectivity index (χ0v) is 10.2. The van der Waals surface area contributed by atoms with Crippen molar-refractivity contribution in [1.82, 2.24) is 0 Å². The highest BCUT2D eigenvalue weighted by molar-refractivity contribution is 7.87. The van der Waals surface area contributed by atoms with Crippen LogP contribution in [0.2, 0.25) is 0 Å². The highest BCUT2D eigenvalue weighted by Gasteiger charge is 2.33. The highest BCUT2D eigenvalue weighted by Crippen LogP contribution is 2.45. The summed E-state index contributed by atoms with van der Waals surface area (Å²) in [4.78, 5) is 16.9. The van der Waals surface area contributed by atoms with Crippen molar-refractivity contribution in [2.24, 2.45) is 0 Å². The molecule has 16 heavy (non-hydrogen) atoms. The van der Waals surface area contributed by atoms with E-state index in [1.807, 2.05) is 0 Å². The molecule has 0 aliphatic heterocycles. The van der Waals surface area contributed by atoms with Crippen LogP contribution in [0.25, 0.3) is 0 Å². The van der Waals surface area contributed by atoms with Gasteiger partial charge in [0, 0.05) is 0 Å². The maximum absolute atomic E-state index is 11.4. The Bertz CT molecular complexity index is 495. The van der Waals surface area contributed by atoms with Gasteiger partial charge < -0.3 is 9.79 Å². The van der Waals surface area contributed by atoms with E-state index in [0.717, 1.165) is 0 Å². The minimum absolute atomic E-state index is 0.228. The number of halogens is 1. The van der Waals surface area contributed by atoms with E-state index < -0.39 is 23.0 Å². The third-order valence-corrected chi connectivity index (χ3v) is 4.53. The molecule has 90 valence electrons. The lowest BCUT2D eigenvalue weighted by atomic mass is 10.4. The van der Waals surface area contributed by atoms with Gasteiger partial charge in [0.05, 0.1) is 4.90 Å². The third-order valence-electron chi connectivity index (χ3n) is 1.50. The Morgan fingerprint density at radius 2 is 1.75 bits per heavy atom. The predicted octanol–water partition coefficient (Wildman–Crippen LogP) is 1.09. The molecule has 0 saturated heterocycles. The minimum Gasteiger partial charge on any atom is -0.322 e. The van der Waals surface area contributed by atoms with Crippen LogP contribution in [0.3, 0.4) is 0 Å². The van der Waals surface area contributed by atoms with Crippen molar-refractivity contribution < 1.29 is 27.0 Å². The first-order valence-electron chi connectivity index (χ1n) is 3.91. The van der Waals surface area contributed by atoms with Crippen LogP contribution in [-0.2, 0) is 18.9 Å². The molecule has 0 aliphatic rings. The number of alkyl halides is 1. The molecule has 0 aliphatic carbocycles. The summed E-state index contributed by atoms with van der Waals surface area (Å²) in [6, 6.07) is 6.91. The molecule has 0 heterocycles. The van der Waals surface area contributed by atoms with Gasteiger partial charge in [-0.25, -0.2) is 4.18 Å². The second kappa shape index (κ2) is 4.83. The van der Waals surface area contributed by atoms with Crippen LogP contribution in [0.1, 0.15) is 0 Å². The van der Waals surface area contributed by atoms with Crippen molar-refractivity contribution in [3.63, 3.8) is 0 Å². The van der Waals surface area contributed by atoms with Crippen molar-refractivity contribution >= 4 is 29.3 Å². The SMILES string of the molecule is O=P(O)(O)C(Cl)OS(=O)(=O)c1ccccc1. The molecular formula is C7H8ClO6PS. The van der Waals surface area contributed by atoms with Crippen molar-refractivity contribution in [3.05, 3.63) is 30.3 Å². The van der Waals surface area contributed by atoms with Crippen molar-refractivity contribution in [1.29, 1.82) is 0 Å². The zero-order chi connectivity index (χ0) is 12.4. The minimum atomic E-state index is -4.81. The Hall–Kier alpha value is -0.430. The lowest BCUT2D eigenvalue weighted by Gasteiger charge is -2.12. The van der Waals surface area contributed by atoms with E-state index in [9.17, 15) is 13.0 Å². The van der Waals surface area contributed by atoms with Crippen molar-refractivity contribution in [2.45, 2.75) is 10.2 Å². The summed E-state index contributed by atoms with van der Waals surface area (Å²) in [5.74, 6) is 0. The molecule has 2 N–H and O–H groups in total. The third kappa shape index (κ3) is 3.55. The largest absolute Gasteiger partial charge is 0.370 e. The van der Waals surface area contributed by atoms with Crippen LogP contribution in [0.15, 0.2) is 35.2 Å². The Balaban J connectivity index is 2.94. The molecule has 0 aromatic heterocycles. The maximum atomic E-state index is 11.4. The molecule has 1 rings (SSSR count). The first-order valence-corrected chi connectivity index (χ1v) is 7.44. The van der Waals surface area contributed by atoms with Crippen LogP contribution in [0.5, 0.6) is 0 Å². The molecule has 1 aromatic rings. The number of benzene rings is 1. The average Bonchev–Trinajstić information content (AvgIpc) is 2.17. The highest BCUT2D eigenvalue weighted by atomic mass is 35.5. The average molecular weight is 287 g/mol. The normalized spacial score (nSPS) is 14.7. The van der Waals surface area contributed by atoms with E-state index in [4.69, 9.17) is 21.4 Å². The van der Waals surface area contributed by atoms with Gasteiger partial charge in [0.2, 0.25) is 0 Å². The summed E-state index contributed by atoms with van der Waals surface area (Å²) in [5, 5.41) is -2.22. The molecule has 9 heteroatoms. The van der Waals surface area contributed by atoms with Gasteiger partial charge in [-0.2, -0.15) is 8.42 Å². The van der Waals surface area contributed by atoms with E-state index in [-0.39, 0.29) is 4.90 Å². The molecule has 1 aromatic carbocycles. The summed E-state index contributed by atoms with van der Waals surface area (Å²) in [5.41, 5.74) is 0. The summed E-state index contributed by atoms with van der Waals surface area (Å²) in [6.45, 7) is 0. The lowest BCUT2D eigenvalue weighted by Crippen LogP contribution is -2.13. The lowest BCUT2D eigenvalue weighted by molar-refractivity contribution is 0.279. The van der Waals surface area contributed by atoms with Crippen LogP contribution < -0.4 is 0 Å². The second-order valence-electron chi connectivity index (χ2n) is 2.74. The maximum Gasteiger partial charge on any atom is 0.370 e. The van der Waals surface area contributed by atoms with Gasteiger partial charge in [0.15, 0.2) is 0 Å². The van der Waals surface area contributed by atoms with Gasteiger partial charge in [-0.15, -0.1) is 0 Å². The van der Waals surface area contributed by atoms with Gasteiger partial charge in [-0.3, -0.25) is 4.57 Å². The molecule has 1 atom stereocenters. The van der Waals surface area contributed by atoms with E-state index in [0.29, 0.717) is 0 Å². The van der Waals surface area contributed by atoms with Crippen LogP contribution >= 0.6 is 19.2 Å².